The van der Waals surface area contributed by atoms with E-state index < -0.39 is 11.9 Å². The first kappa shape index (κ1) is 22.6. The first-order valence-electron chi connectivity index (χ1n) is 9.10. The molecule has 0 aliphatic heterocycles. The molecule has 31 heavy (non-hydrogen) atoms. The molecule has 0 unspecified atom stereocenters. The number of aromatic nitrogens is 3. The second-order valence-electron chi connectivity index (χ2n) is 6.11. The van der Waals surface area contributed by atoms with Crippen molar-refractivity contribution in [2.24, 2.45) is 0 Å². The first-order chi connectivity index (χ1) is 14.9. The van der Waals surface area contributed by atoms with Crippen LogP contribution in [0.4, 0.5) is 5.00 Å². The van der Waals surface area contributed by atoms with Gasteiger partial charge >= 0.3 is 11.9 Å². The number of ether oxygens (including phenoxy) is 2. The summed E-state index contributed by atoms with van der Waals surface area (Å²) in [7, 11) is 2.47. The van der Waals surface area contributed by atoms with E-state index in [4.69, 9.17) is 13.9 Å². The number of furan rings is 1. The number of thiophene rings is 1. The standard InChI is InChI=1S/C19H20N4O6S2/c1-5-23-15(11-7-6-8-29-11)21-22-19(23)30-9-12(24)20-16-13(17(25)27-3)10(2)14(31-16)18(26)28-4/h6-8H,5,9H2,1-4H3,(H,20,24). The third kappa shape index (κ3) is 4.64. The number of thioether (sulfide) groups is 1. The van der Waals surface area contributed by atoms with E-state index in [1.807, 2.05) is 11.5 Å². The van der Waals surface area contributed by atoms with Crippen molar-refractivity contribution in [3.8, 4) is 11.6 Å². The van der Waals surface area contributed by atoms with Crippen LogP contribution in [0, 0.1) is 6.92 Å². The molecule has 164 valence electrons. The summed E-state index contributed by atoms with van der Waals surface area (Å²) in [6.07, 6.45) is 1.55. The Hall–Kier alpha value is -3.12. The number of carbonyl (C=O) groups is 3. The zero-order valence-corrected chi connectivity index (χ0v) is 18.9. The Kier molecular flexibility index (Phi) is 7.13. The van der Waals surface area contributed by atoms with E-state index in [1.54, 1.807) is 25.3 Å². The smallest absolute Gasteiger partial charge is 0.348 e. The molecule has 0 aliphatic carbocycles. The monoisotopic (exact) mass is 464 g/mol. The Bertz CT molecular complexity index is 1100. The molecule has 10 nitrogen and oxygen atoms in total. The molecular weight excluding hydrogens is 444 g/mol. The summed E-state index contributed by atoms with van der Waals surface area (Å²) in [5.41, 5.74) is 0.517. The van der Waals surface area contributed by atoms with Crippen molar-refractivity contribution in [2.45, 2.75) is 25.5 Å². The molecule has 0 aliphatic rings. The largest absolute Gasteiger partial charge is 0.465 e. The third-order valence-corrected chi connectivity index (χ3v) is 6.42. The van der Waals surface area contributed by atoms with Crippen LogP contribution in [0.3, 0.4) is 0 Å². The van der Waals surface area contributed by atoms with Crippen molar-refractivity contribution >= 4 is 45.9 Å². The van der Waals surface area contributed by atoms with E-state index in [-0.39, 0.29) is 27.1 Å². The first-order valence-corrected chi connectivity index (χ1v) is 10.9. The summed E-state index contributed by atoms with van der Waals surface area (Å²) in [4.78, 5) is 37.0. The van der Waals surface area contributed by atoms with Gasteiger partial charge < -0.3 is 19.2 Å². The van der Waals surface area contributed by atoms with Crippen molar-refractivity contribution in [3.05, 3.63) is 34.4 Å². The molecule has 3 heterocycles. The van der Waals surface area contributed by atoms with Gasteiger partial charge in [-0.25, -0.2) is 9.59 Å². The summed E-state index contributed by atoms with van der Waals surface area (Å²) >= 11 is 2.15. The van der Waals surface area contributed by atoms with Crippen molar-refractivity contribution in [1.82, 2.24) is 14.8 Å². The SMILES string of the molecule is CCn1c(SCC(=O)Nc2sc(C(=O)OC)c(C)c2C(=O)OC)nnc1-c1ccco1. The molecule has 3 rings (SSSR count). The molecule has 0 fully saturated rings. The van der Waals surface area contributed by atoms with E-state index in [1.165, 1.54) is 26.0 Å². The number of nitrogens with one attached hydrogen (secondary N) is 1. The number of nitrogens with zero attached hydrogens (tertiary/aromatic N) is 3. The van der Waals surface area contributed by atoms with E-state index in [0.29, 0.717) is 28.8 Å². The number of amides is 1. The lowest BCUT2D eigenvalue weighted by Crippen LogP contribution is -2.16. The molecule has 0 aromatic carbocycles. The van der Waals surface area contributed by atoms with Gasteiger partial charge in [-0.15, -0.1) is 21.5 Å². The number of hydrogen-bond acceptors (Lipinski definition) is 10. The van der Waals surface area contributed by atoms with Gasteiger partial charge in [-0.1, -0.05) is 11.8 Å². The number of rotatable bonds is 8. The fourth-order valence-electron chi connectivity index (χ4n) is 2.80. The van der Waals surface area contributed by atoms with E-state index >= 15 is 0 Å². The van der Waals surface area contributed by atoms with Gasteiger partial charge in [-0.05, 0) is 31.5 Å². The molecule has 0 saturated carbocycles. The highest BCUT2D eigenvalue weighted by Crippen LogP contribution is 2.34. The van der Waals surface area contributed by atoms with E-state index in [0.717, 1.165) is 11.3 Å². The molecule has 3 aromatic heterocycles. The number of esters is 2. The van der Waals surface area contributed by atoms with Gasteiger partial charge in [0.25, 0.3) is 0 Å². The summed E-state index contributed by atoms with van der Waals surface area (Å²) in [6, 6.07) is 3.54. The number of anilines is 1. The molecule has 0 atom stereocenters. The molecule has 0 bridgehead atoms. The third-order valence-electron chi connectivity index (χ3n) is 4.27. The zero-order chi connectivity index (χ0) is 22.5. The second-order valence-corrected chi connectivity index (χ2v) is 8.07. The van der Waals surface area contributed by atoms with Crippen LogP contribution in [-0.4, -0.2) is 52.6 Å². The van der Waals surface area contributed by atoms with Gasteiger partial charge in [-0.3, -0.25) is 9.36 Å². The topological polar surface area (TPSA) is 126 Å². The normalized spacial score (nSPS) is 10.7. The highest BCUT2D eigenvalue weighted by atomic mass is 32.2. The Labute approximate surface area is 185 Å². The summed E-state index contributed by atoms with van der Waals surface area (Å²) in [6.45, 7) is 4.12. The van der Waals surface area contributed by atoms with Gasteiger partial charge in [0.2, 0.25) is 5.91 Å². The molecule has 0 spiro atoms. The maximum absolute atomic E-state index is 12.6. The van der Waals surface area contributed by atoms with Crippen LogP contribution in [0.2, 0.25) is 0 Å². The van der Waals surface area contributed by atoms with Crippen LogP contribution in [0.15, 0.2) is 28.0 Å². The Balaban J connectivity index is 1.76. The van der Waals surface area contributed by atoms with Crippen molar-refractivity contribution in [3.63, 3.8) is 0 Å². The van der Waals surface area contributed by atoms with Gasteiger partial charge in [0.05, 0.1) is 31.8 Å². The number of carbonyl (C=O) groups excluding carboxylic acids is 3. The van der Waals surface area contributed by atoms with Crippen LogP contribution in [0.5, 0.6) is 0 Å². The van der Waals surface area contributed by atoms with Crippen LogP contribution in [0.25, 0.3) is 11.6 Å². The minimum Gasteiger partial charge on any atom is -0.465 e. The lowest BCUT2D eigenvalue weighted by atomic mass is 10.1. The molecule has 0 radical (unpaired) electrons. The fraction of sp³-hybridized carbons (Fsp3) is 0.316. The van der Waals surface area contributed by atoms with Gasteiger partial charge in [0.1, 0.15) is 9.88 Å². The maximum atomic E-state index is 12.6. The average molecular weight is 465 g/mol. The fourth-order valence-corrected chi connectivity index (χ4v) is 4.73. The highest BCUT2D eigenvalue weighted by molar-refractivity contribution is 7.99. The summed E-state index contributed by atoms with van der Waals surface area (Å²) in [5, 5.41) is 11.7. The number of hydrogen-bond donors (Lipinski definition) is 1. The van der Waals surface area contributed by atoms with Crippen molar-refractivity contribution in [1.29, 1.82) is 0 Å². The zero-order valence-electron chi connectivity index (χ0n) is 17.3. The van der Waals surface area contributed by atoms with Crippen LogP contribution >= 0.6 is 23.1 Å². The molecule has 0 saturated heterocycles. The van der Waals surface area contributed by atoms with Gasteiger partial charge in [0.15, 0.2) is 16.7 Å². The number of methoxy groups -OCH3 is 2. The molecule has 12 heteroatoms. The average Bonchev–Trinajstić information content (AvgIpc) is 3.49. The minimum atomic E-state index is -0.652. The van der Waals surface area contributed by atoms with Crippen LogP contribution < -0.4 is 5.32 Å². The van der Waals surface area contributed by atoms with Crippen LogP contribution in [-0.2, 0) is 20.8 Å². The predicted octanol–water partition coefficient (Wildman–Crippen LogP) is 3.23. The lowest BCUT2D eigenvalue weighted by Gasteiger charge is -2.07. The molecule has 3 aromatic rings. The maximum Gasteiger partial charge on any atom is 0.348 e. The van der Waals surface area contributed by atoms with Crippen molar-refractivity contribution < 1.29 is 28.3 Å². The Morgan fingerprint density at radius 2 is 1.97 bits per heavy atom. The quantitative estimate of drug-likeness (QED) is 0.395. The molecular formula is C19H20N4O6S2. The minimum absolute atomic E-state index is 0.0153. The Morgan fingerprint density at radius 1 is 1.23 bits per heavy atom. The summed E-state index contributed by atoms with van der Waals surface area (Å²) < 4.78 is 16.7. The van der Waals surface area contributed by atoms with Crippen LogP contribution in [0.1, 0.15) is 32.5 Å². The predicted molar refractivity (Wildman–Crippen MR) is 114 cm³/mol. The Morgan fingerprint density at radius 3 is 2.58 bits per heavy atom. The molecule has 1 amide bonds. The lowest BCUT2D eigenvalue weighted by molar-refractivity contribution is -0.113. The highest BCUT2D eigenvalue weighted by Gasteiger charge is 2.27. The van der Waals surface area contributed by atoms with E-state index in [2.05, 4.69) is 15.5 Å². The van der Waals surface area contributed by atoms with E-state index in [9.17, 15) is 14.4 Å². The van der Waals surface area contributed by atoms with Gasteiger partial charge in [-0.2, -0.15) is 0 Å². The van der Waals surface area contributed by atoms with Gasteiger partial charge in [0, 0.05) is 6.54 Å². The van der Waals surface area contributed by atoms with Crippen molar-refractivity contribution in [2.75, 3.05) is 25.3 Å². The summed E-state index contributed by atoms with van der Waals surface area (Å²) in [5.74, 6) is -0.456. The molecule has 1 N–H and O–H groups in total. The second kappa shape index (κ2) is 9.79.